The molecule has 106 valence electrons. The summed E-state index contributed by atoms with van der Waals surface area (Å²) in [6.45, 7) is 3.55. The van der Waals surface area contributed by atoms with Gasteiger partial charge in [-0.15, -0.1) is 0 Å². The summed E-state index contributed by atoms with van der Waals surface area (Å²) in [6.07, 6.45) is 0.697. The third kappa shape index (κ3) is 3.29. The zero-order chi connectivity index (χ0) is 14.7. The Hall–Kier alpha value is -1.59. The average Bonchev–Trinajstić information content (AvgIpc) is 2.85. The van der Waals surface area contributed by atoms with E-state index in [4.69, 9.17) is 4.42 Å². The van der Waals surface area contributed by atoms with Crippen LogP contribution in [0, 0.1) is 6.92 Å². The normalized spacial score (nSPS) is 13.8. The maximum Gasteiger partial charge on any atom is 0.287 e. The van der Waals surface area contributed by atoms with E-state index in [1.165, 1.54) is 6.26 Å². The number of hydrogen-bond acceptors (Lipinski definition) is 3. The summed E-state index contributed by atoms with van der Waals surface area (Å²) < 4.78 is 6.07. The lowest BCUT2D eigenvalue weighted by molar-refractivity contribution is 0.0825. The molecule has 20 heavy (non-hydrogen) atoms. The summed E-state index contributed by atoms with van der Waals surface area (Å²) in [6, 6.07) is 8.64. The van der Waals surface area contributed by atoms with Crippen molar-refractivity contribution < 1.29 is 14.3 Å². The predicted octanol–water partition coefficient (Wildman–Crippen LogP) is 3.20. The molecular weight excluding hydrogens is 322 g/mol. The molecule has 4 nitrogen and oxygen atoms in total. The molecule has 2 atom stereocenters. The Kier molecular flexibility index (Phi) is 4.62. The van der Waals surface area contributed by atoms with Crippen LogP contribution in [-0.2, 0) is 0 Å². The number of nitrogens with one attached hydrogen (secondary N) is 1. The minimum atomic E-state index is -0.776. The summed E-state index contributed by atoms with van der Waals surface area (Å²) in [5, 5.41) is 13.0. The number of aryl methyl sites for hydroxylation is 1. The van der Waals surface area contributed by atoms with Crippen LogP contribution in [0.3, 0.4) is 0 Å². The van der Waals surface area contributed by atoms with Crippen molar-refractivity contribution in [3.8, 4) is 0 Å². The van der Waals surface area contributed by atoms with Gasteiger partial charge in [-0.25, -0.2) is 0 Å². The van der Waals surface area contributed by atoms with E-state index in [9.17, 15) is 9.90 Å². The van der Waals surface area contributed by atoms with E-state index in [2.05, 4.69) is 21.2 Å². The second-order valence-corrected chi connectivity index (χ2v) is 5.61. The van der Waals surface area contributed by atoms with E-state index >= 15 is 0 Å². The van der Waals surface area contributed by atoms with Gasteiger partial charge < -0.3 is 14.8 Å². The van der Waals surface area contributed by atoms with Crippen LogP contribution in [0.15, 0.2) is 45.5 Å². The van der Waals surface area contributed by atoms with Gasteiger partial charge in [-0.1, -0.05) is 28.1 Å². The first-order chi connectivity index (χ1) is 9.49. The van der Waals surface area contributed by atoms with E-state index in [-0.39, 0.29) is 11.7 Å². The predicted molar refractivity (Wildman–Crippen MR) is 79.5 cm³/mol. The van der Waals surface area contributed by atoms with Gasteiger partial charge >= 0.3 is 0 Å². The first kappa shape index (κ1) is 14.8. The zero-order valence-corrected chi connectivity index (χ0v) is 12.8. The van der Waals surface area contributed by atoms with Gasteiger partial charge in [0.25, 0.3) is 5.91 Å². The fourth-order valence-electron chi connectivity index (χ4n) is 1.91. The van der Waals surface area contributed by atoms with Gasteiger partial charge in [-0.05, 0) is 37.6 Å². The van der Waals surface area contributed by atoms with Crippen LogP contribution in [0.5, 0.6) is 0 Å². The monoisotopic (exact) mass is 337 g/mol. The topological polar surface area (TPSA) is 62.5 Å². The highest BCUT2D eigenvalue weighted by molar-refractivity contribution is 9.10. The van der Waals surface area contributed by atoms with Crippen LogP contribution in [0.4, 0.5) is 0 Å². The highest BCUT2D eigenvalue weighted by atomic mass is 79.9. The van der Waals surface area contributed by atoms with E-state index in [0.29, 0.717) is 0 Å². The molecule has 0 saturated carbocycles. The van der Waals surface area contributed by atoms with Crippen LogP contribution < -0.4 is 5.32 Å². The third-order valence-corrected chi connectivity index (χ3v) is 3.64. The van der Waals surface area contributed by atoms with Crippen LogP contribution >= 0.6 is 15.9 Å². The summed E-state index contributed by atoms with van der Waals surface area (Å²) >= 11 is 3.34. The molecule has 0 bridgehead atoms. The van der Waals surface area contributed by atoms with Crippen LogP contribution in [-0.4, -0.2) is 17.1 Å². The molecule has 1 aromatic carbocycles. The number of benzene rings is 1. The molecule has 2 unspecified atom stereocenters. The summed E-state index contributed by atoms with van der Waals surface area (Å²) in [5.41, 5.74) is 1.52. The Balaban J connectivity index is 2.04. The number of rotatable bonds is 4. The quantitative estimate of drug-likeness (QED) is 0.900. The van der Waals surface area contributed by atoms with Gasteiger partial charge in [0.2, 0.25) is 0 Å². The minimum Gasteiger partial charge on any atom is -0.459 e. The number of aliphatic hydroxyl groups excluding tert-OH is 1. The maximum absolute atomic E-state index is 12.0. The smallest absolute Gasteiger partial charge is 0.287 e. The largest absolute Gasteiger partial charge is 0.459 e. The number of carbonyl (C=O) groups is 1. The zero-order valence-electron chi connectivity index (χ0n) is 11.3. The molecular formula is C15H16BrNO3. The van der Waals surface area contributed by atoms with E-state index in [0.717, 1.165) is 15.6 Å². The molecule has 0 aliphatic carbocycles. The molecule has 1 heterocycles. The number of amides is 1. The lowest BCUT2D eigenvalue weighted by Gasteiger charge is -2.20. The number of aliphatic hydroxyl groups is 1. The second-order valence-electron chi connectivity index (χ2n) is 4.69. The molecule has 1 amide bonds. The molecule has 0 aliphatic rings. The molecule has 2 aromatic rings. The molecule has 0 fully saturated rings. The Morgan fingerprint density at radius 3 is 2.50 bits per heavy atom. The average molecular weight is 338 g/mol. The van der Waals surface area contributed by atoms with Crippen LogP contribution in [0.1, 0.15) is 34.7 Å². The van der Waals surface area contributed by atoms with Gasteiger partial charge in [0.1, 0.15) is 0 Å². The molecule has 0 saturated heterocycles. The highest BCUT2D eigenvalue weighted by Crippen LogP contribution is 2.20. The second kappa shape index (κ2) is 6.24. The molecule has 0 spiro atoms. The lowest BCUT2D eigenvalue weighted by Crippen LogP contribution is -2.37. The van der Waals surface area contributed by atoms with Crippen LogP contribution in [0.2, 0.25) is 0 Å². The first-order valence-electron chi connectivity index (χ1n) is 6.27. The van der Waals surface area contributed by atoms with Crippen LogP contribution in [0.25, 0.3) is 0 Å². The fourth-order valence-corrected chi connectivity index (χ4v) is 2.17. The first-order valence-corrected chi connectivity index (χ1v) is 7.07. The SMILES string of the molecule is Cc1ccoc1C(=O)NC(C)C(O)c1ccc(Br)cc1. The number of carbonyl (C=O) groups excluding carboxylic acids is 1. The van der Waals surface area contributed by atoms with Crippen molar-refractivity contribution in [2.45, 2.75) is 26.0 Å². The van der Waals surface area contributed by atoms with Crippen molar-refractivity contribution in [1.82, 2.24) is 5.32 Å². The fraction of sp³-hybridized carbons (Fsp3) is 0.267. The van der Waals surface area contributed by atoms with Crippen molar-refractivity contribution in [2.75, 3.05) is 0 Å². The van der Waals surface area contributed by atoms with Gasteiger partial charge in [-0.2, -0.15) is 0 Å². The van der Waals surface area contributed by atoms with Crippen molar-refractivity contribution in [1.29, 1.82) is 0 Å². The van der Waals surface area contributed by atoms with Crippen molar-refractivity contribution in [3.05, 3.63) is 58.0 Å². The van der Waals surface area contributed by atoms with Crippen molar-refractivity contribution in [3.63, 3.8) is 0 Å². The standard InChI is InChI=1S/C15H16BrNO3/c1-9-7-8-20-14(9)15(19)17-10(2)13(18)11-3-5-12(16)6-4-11/h3-8,10,13,18H,1-2H3,(H,17,19). The van der Waals surface area contributed by atoms with Crippen molar-refractivity contribution in [2.24, 2.45) is 0 Å². The molecule has 5 heteroatoms. The Bertz CT molecular complexity index is 591. The number of furan rings is 1. The van der Waals surface area contributed by atoms with Gasteiger partial charge in [0.15, 0.2) is 5.76 Å². The Morgan fingerprint density at radius 2 is 1.95 bits per heavy atom. The summed E-state index contributed by atoms with van der Waals surface area (Å²) in [4.78, 5) is 12.0. The van der Waals surface area contributed by atoms with Gasteiger partial charge in [0, 0.05) is 10.0 Å². The minimum absolute atomic E-state index is 0.278. The molecule has 2 rings (SSSR count). The highest BCUT2D eigenvalue weighted by Gasteiger charge is 2.21. The number of halogens is 1. The maximum atomic E-state index is 12.0. The van der Waals surface area contributed by atoms with E-state index in [1.807, 2.05) is 24.3 Å². The molecule has 1 aromatic heterocycles. The summed E-state index contributed by atoms with van der Waals surface area (Å²) in [5.74, 6) is -0.0454. The molecule has 0 radical (unpaired) electrons. The van der Waals surface area contributed by atoms with E-state index < -0.39 is 12.1 Å². The van der Waals surface area contributed by atoms with Gasteiger partial charge in [0.05, 0.1) is 18.4 Å². The van der Waals surface area contributed by atoms with E-state index in [1.54, 1.807) is 19.9 Å². The molecule has 0 aliphatic heterocycles. The third-order valence-electron chi connectivity index (χ3n) is 3.11. The Labute approximate surface area is 125 Å². The number of hydrogen-bond donors (Lipinski definition) is 2. The van der Waals surface area contributed by atoms with Crippen molar-refractivity contribution >= 4 is 21.8 Å². The summed E-state index contributed by atoms with van der Waals surface area (Å²) in [7, 11) is 0. The van der Waals surface area contributed by atoms with Gasteiger partial charge in [-0.3, -0.25) is 4.79 Å². The Morgan fingerprint density at radius 1 is 1.30 bits per heavy atom. The molecule has 2 N–H and O–H groups in total. The lowest BCUT2D eigenvalue weighted by atomic mass is 10.0.